The van der Waals surface area contributed by atoms with Gasteiger partial charge in [0.25, 0.3) is 5.91 Å². The fourth-order valence-electron chi connectivity index (χ4n) is 2.82. The number of hydrogen-bond donors (Lipinski definition) is 2. The van der Waals surface area contributed by atoms with Gasteiger partial charge in [0.1, 0.15) is 18.5 Å². The number of ether oxygens (including phenoxy) is 4. The molecule has 0 saturated heterocycles. The lowest BCUT2D eigenvalue weighted by molar-refractivity contribution is 0.00546. The minimum atomic E-state index is -0.766. The molecule has 2 aromatic carbocycles. The number of carbonyl (C=O) groups excluding carboxylic acids is 1. The van der Waals surface area contributed by atoms with Gasteiger partial charge >= 0.3 is 0 Å². The standard InChI is InChI=1S/C22H21NO6S/c24-17(12-26-11-15-3-8-19-20(10-15)29-14-28-19)13-27-18-6-4-16(5-7-18)23-22(25)21-2-1-9-30-21/h1-10,17,24H,11-14H2,(H,23,25)/t17-/m1/s1. The molecule has 1 amide bonds. The van der Waals surface area contributed by atoms with Crippen molar-refractivity contribution in [3.05, 3.63) is 70.4 Å². The quantitative estimate of drug-likeness (QED) is 0.542. The Labute approximate surface area is 177 Å². The van der Waals surface area contributed by atoms with Crippen molar-refractivity contribution in [3.63, 3.8) is 0 Å². The smallest absolute Gasteiger partial charge is 0.265 e. The molecule has 0 spiro atoms. The summed E-state index contributed by atoms with van der Waals surface area (Å²) >= 11 is 1.39. The average molecular weight is 427 g/mol. The predicted molar refractivity (Wildman–Crippen MR) is 112 cm³/mol. The Bertz CT molecular complexity index is 974. The highest BCUT2D eigenvalue weighted by Crippen LogP contribution is 2.32. The molecule has 2 heterocycles. The molecular weight excluding hydrogens is 406 g/mol. The summed E-state index contributed by atoms with van der Waals surface area (Å²) in [5, 5.41) is 14.8. The van der Waals surface area contributed by atoms with Crippen LogP contribution in [0.4, 0.5) is 5.69 Å². The van der Waals surface area contributed by atoms with E-state index in [9.17, 15) is 9.90 Å². The molecule has 0 radical (unpaired) electrons. The molecule has 0 aliphatic carbocycles. The number of hydrogen-bond acceptors (Lipinski definition) is 7. The van der Waals surface area contributed by atoms with Crippen LogP contribution in [0.25, 0.3) is 0 Å². The SMILES string of the molecule is O=C(Nc1ccc(OC[C@H](O)COCc2ccc3c(c2)OCO3)cc1)c1cccs1. The van der Waals surface area contributed by atoms with Crippen molar-refractivity contribution >= 4 is 22.9 Å². The molecule has 1 aliphatic heterocycles. The van der Waals surface area contributed by atoms with E-state index in [0.717, 1.165) is 11.3 Å². The van der Waals surface area contributed by atoms with Gasteiger partial charge in [0.15, 0.2) is 11.5 Å². The Hall–Kier alpha value is -3.07. The third-order valence-corrected chi connectivity index (χ3v) is 5.18. The molecule has 2 N–H and O–H groups in total. The molecule has 1 aliphatic rings. The summed E-state index contributed by atoms with van der Waals surface area (Å²) < 4.78 is 21.7. The fourth-order valence-corrected chi connectivity index (χ4v) is 3.44. The van der Waals surface area contributed by atoms with Crippen LogP contribution >= 0.6 is 11.3 Å². The Morgan fingerprint density at radius 3 is 2.73 bits per heavy atom. The molecule has 30 heavy (non-hydrogen) atoms. The van der Waals surface area contributed by atoms with Crippen LogP contribution in [-0.2, 0) is 11.3 Å². The van der Waals surface area contributed by atoms with E-state index in [4.69, 9.17) is 18.9 Å². The van der Waals surface area contributed by atoms with Gasteiger partial charge in [-0.2, -0.15) is 0 Å². The molecular formula is C22H21NO6S. The van der Waals surface area contributed by atoms with Gasteiger partial charge in [0.2, 0.25) is 6.79 Å². The van der Waals surface area contributed by atoms with E-state index in [-0.39, 0.29) is 25.9 Å². The Morgan fingerprint density at radius 2 is 1.93 bits per heavy atom. The van der Waals surface area contributed by atoms with Crippen molar-refractivity contribution in [2.75, 3.05) is 25.3 Å². The van der Waals surface area contributed by atoms with Crippen LogP contribution < -0.4 is 19.5 Å². The van der Waals surface area contributed by atoms with Gasteiger partial charge in [-0.3, -0.25) is 4.79 Å². The summed E-state index contributed by atoms with van der Waals surface area (Å²) in [5.74, 6) is 1.88. The zero-order valence-electron chi connectivity index (χ0n) is 16.1. The summed E-state index contributed by atoms with van der Waals surface area (Å²) in [7, 11) is 0. The first-order valence-corrected chi connectivity index (χ1v) is 10.3. The number of aliphatic hydroxyl groups is 1. The summed E-state index contributed by atoms with van der Waals surface area (Å²) in [6, 6.07) is 16.2. The van der Waals surface area contributed by atoms with Gasteiger partial charge in [-0.05, 0) is 53.4 Å². The van der Waals surface area contributed by atoms with Crippen molar-refractivity contribution in [1.29, 1.82) is 0 Å². The molecule has 0 fully saturated rings. The van der Waals surface area contributed by atoms with Gasteiger partial charge in [-0.1, -0.05) is 12.1 Å². The monoisotopic (exact) mass is 427 g/mol. The molecule has 1 aromatic heterocycles. The second-order valence-corrected chi connectivity index (χ2v) is 7.57. The van der Waals surface area contributed by atoms with Crippen molar-refractivity contribution in [1.82, 2.24) is 0 Å². The number of rotatable bonds is 9. The molecule has 0 saturated carbocycles. The molecule has 1 atom stereocenters. The second kappa shape index (κ2) is 9.62. The van der Waals surface area contributed by atoms with Crippen LogP contribution in [0.15, 0.2) is 60.0 Å². The summed E-state index contributed by atoms with van der Waals surface area (Å²) in [5.41, 5.74) is 1.61. The minimum Gasteiger partial charge on any atom is -0.491 e. The second-order valence-electron chi connectivity index (χ2n) is 6.62. The number of fused-ring (bicyclic) bond motifs is 1. The summed E-state index contributed by atoms with van der Waals surface area (Å²) in [4.78, 5) is 12.7. The first-order valence-electron chi connectivity index (χ1n) is 9.39. The Kier molecular flexibility index (Phi) is 6.48. The zero-order chi connectivity index (χ0) is 20.8. The van der Waals surface area contributed by atoms with Gasteiger partial charge in [-0.15, -0.1) is 11.3 Å². The average Bonchev–Trinajstić information content (AvgIpc) is 3.45. The Morgan fingerprint density at radius 1 is 1.10 bits per heavy atom. The van der Waals surface area contributed by atoms with E-state index in [1.807, 2.05) is 29.6 Å². The van der Waals surface area contributed by atoms with E-state index in [1.165, 1.54) is 11.3 Å². The van der Waals surface area contributed by atoms with Crippen molar-refractivity contribution in [2.24, 2.45) is 0 Å². The van der Waals surface area contributed by atoms with Crippen LogP contribution in [0.2, 0.25) is 0 Å². The molecule has 7 nitrogen and oxygen atoms in total. The number of aliphatic hydroxyl groups excluding tert-OH is 1. The third-order valence-electron chi connectivity index (χ3n) is 4.32. The maximum absolute atomic E-state index is 12.0. The van der Waals surface area contributed by atoms with E-state index in [2.05, 4.69) is 5.32 Å². The number of carbonyl (C=O) groups is 1. The molecule has 0 unspecified atom stereocenters. The highest BCUT2D eigenvalue weighted by atomic mass is 32.1. The van der Waals surface area contributed by atoms with Crippen LogP contribution in [0.1, 0.15) is 15.2 Å². The van der Waals surface area contributed by atoms with Gasteiger partial charge in [0, 0.05) is 5.69 Å². The van der Waals surface area contributed by atoms with Gasteiger partial charge in [0.05, 0.1) is 18.1 Å². The van der Waals surface area contributed by atoms with E-state index < -0.39 is 6.10 Å². The van der Waals surface area contributed by atoms with Crippen LogP contribution in [0.5, 0.6) is 17.2 Å². The lowest BCUT2D eigenvalue weighted by atomic mass is 10.2. The van der Waals surface area contributed by atoms with Crippen molar-refractivity contribution in [3.8, 4) is 17.2 Å². The van der Waals surface area contributed by atoms with E-state index in [0.29, 0.717) is 28.7 Å². The maximum Gasteiger partial charge on any atom is 0.265 e. The maximum atomic E-state index is 12.0. The van der Waals surface area contributed by atoms with Crippen LogP contribution in [0.3, 0.4) is 0 Å². The minimum absolute atomic E-state index is 0.0992. The van der Waals surface area contributed by atoms with Crippen molar-refractivity contribution in [2.45, 2.75) is 12.7 Å². The first-order chi connectivity index (χ1) is 14.7. The molecule has 8 heteroatoms. The largest absolute Gasteiger partial charge is 0.491 e. The molecule has 156 valence electrons. The fraction of sp³-hybridized carbons (Fsp3) is 0.227. The van der Waals surface area contributed by atoms with Crippen LogP contribution in [0, 0.1) is 0 Å². The number of amides is 1. The molecule has 4 rings (SSSR count). The third kappa shape index (κ3) is 5.29. The highest BCUT2D eigenvalue weighted by molar-refractivity contribution is 7.12. The lowest BCUT2D eigenvalue weighted by Crippen LogP contribution is -2.23. The number of thiophene rings is 1. The van der Waals surface area contributed by atoms with E-state index in [1.54, 1.807) is 30.3 Å². The van der Waals surface area contributed by atoms with Crippen molar-refractivity contribution < 1.29 is 28.8 Å². The van der Waals surface area contributed by atoms with E-state index >= 15 is 0 Å². The van der Waals surface area contributed by atoms with Crippen LogP contribution in [-0.4, -0.2) is 37.1 Å². The highest BCUT2D eigenvalue weighted by Gasteiger charge is 2.13. The molecule has 0 bridgehead atoms. The van der Waals surface area contributed by atoms with Gasteiger partial charge in [-0.25, -0.2) is 0 Å². The normalized spacial score (nSPS) is 13.1. The number of nitrogens with one attached hydrogen (secondary N) is 1. The Balaban J connectivity index is 1.17. The summed E-state index contributed by atoms with van der Waals surface area (Å²) in [6.45, 7) is 0.829. The number of anilines is 1. The first kappa shape index (κ1) is 20.2. The molecule has 3 aromatic rings. The lowest BCUT2D eigenvalue weighted by Gasteiger charge is -2.13. The predicted octanol–water partition coefficient (Wildman–Crippen LogP) is 3.69. The topological polar surface area (TPSA) is 86.3 Å². The number of benzene rings is 2. The van der Waals surface area contributed by atoms with Gasteiger partial charge < -0.3 is 29.4 Å². The zero-order valence-corrected chi connectivity index (χ0v) is 16.9. The summed E-state index contributed by atoms with van der Waals surface area (Å²) in [6.07, 6.45) is -0.766.